The quantitative estimate of drug-likeness (QED) is 0.806. The van der Waals surface area contributed by atoms with Crippen molar-refractivity contribution >= 4 is 35.0 Å². The van der Waals surface area contributed by atoms with E-state index in [1.54, 1.807) is 0 Å². The number of rotatable bonds is 3. The SMILES string of the molecule is O=C(Nc1ccc(F)cc1)Nc1cccc(Cl)c1C(=O)O. The van der Waals surface area contributed by atoms with Gasteiger partial charge >= 0.3 is 12.0 Å². The van der Waals surface area contributed by atoms with Gasteiger partial charge in [0.25, 0.3) is 0 Å². The zero-order valence-corrected chi connectivity index (χ0v) is 11.3. The minimum atomic E-state index is -1.25. The fourth-order valence-electron chi connectivity index (χ4n) is 1.66. The van der Waals surface area contributed by atoms with Gasteiger partial charge in [-0.05, 0) is 36.4 Å². The van der Waals surface area contributed by atoms with Crippen molar-refractivity contribution in [1.29, 1.82) is 0 Å². The first-order chi connectivity index (χ1) is 9.97. The van der Waals surface area contributed by atoms with Crippen molar-refractivity contribution in [3.8, 4) is 0 Å². The molecule has 0 unspecified atom stereocenters. The first-order valence-corrected chi connectivity index (χ1v) is 6.20. The summed E-state index contributed by atoms with van der Waals surface area (Å²) in [6.07, 6.45) is 0. The van der Waals surface area contributed by atoms with Crippen LogP contribution in [0.1, 0.15) is 10.4 Å². The molecule has 3 N–H and O–H groups in total. The van der Waals surface area contributed by atoms with E-state index >= 15 is 0 Å². The first-order valence-electron chi connectivity index (χ1n) is 5.83. The van der Waals surface area contributed by atoms with Crippen LogP contribution >= 0.6 is 11.6 Å². The Bertz CT molecular complexity index is 689. The number of carbonyl (C=O) groups excluding carboxylic acids is 1. The second-order valence-corrected chi connectivity index (χ2v) is 4.46. The van der Waals surface area contributed by atoms with Crippen LogP contribution in [0, 0.1) is 5.82 Å². The van der Waals surface area contributed by atoms with Crippen LogP contribution in [0.25, 0.3) is 0 Å². The van der Waals surface area contributed by atoms with Crippen molar-refractivity contribution in [3.63, 3.8) is 0 Å². The van der Waals surface area contributed by atoms with Crippen LogP contribution in [-0.4, -0.2) is 17.1 Å². The molecular weight excluding hydrogens is 299 g/mol. The number of aromatic carboxylic acids is 1. The molecule has 2 rings (SSSR count). The largest absolute Gasteiger partial charge is 0.478 e. The van der Waals surface area contributed by atoms with Crippen molar-refractivity contribution in [2.45, 2.75) is 0 Å². The Hall–Kier alpha value is -2.60. The molecule has 5 nitrogen and oxygen atoms in total. The van der Waals surface area contributed by atoms with Crippen molar-refractivity contribution in [1.82, 2.24) is 0 Å². The van der Waals surface area contributed by atoms with Crippen LogP contribution in [-0.2, 0) is 0 Å². The van der Waals surface area contributed by atoms with Crippen molar-refractivity contribution in [3.05, 3.63) is 58.9 Å². The maximum absolute atomic E-state index is 12.7. The Kier molecular flexibility index (Phi) is 4.39. The number of benzene rings is 2. The van der Waals surface area contributed by atoms with Crippen molar-refractivity contribution in [2.75, 3.05) is 10.6 Å². The Balaban J connectivity index is 2.15. The lowest BCUT2D eigenvalue weighted by atomic mass is 10.2. The second-order valence-electron chi connectivity index (χ2n) is 4.05. The molecule has 0 saturated heterocycles. The van der Waals surface area contributed by atoms with E-state index in [1.165, 1.54) is 42.5 Å². The van der Waals surface area contributed by atoms with E-state index in [1.807, 2.05) is 0 Å². The van der Waals surface area contributed by atoms with Gasteiger partial charge in [0.15, 0.2) is 0 Å². The van der Waals surface area contributed by atoms with E-state index in [9.17, 15) is 14.0 Å². The topological polar surface area (TPSA) is 78.4 Å². The molecule has 0 saturated carbocycles. The van der Waals surface area contributed by atoms with Crippen LogP contribution in [0.2, 0.25) is 5.02 Å². The monoisotopic (exact) mass is 308 g/mol. The Morgan fingerprint density at radius 2 is 1.71 bits per heavy atom. The van der Waals surface area contributed by atoms with Crippen LogP contribution in [0.5, 0.6) is 0 Å². The highest BCUT2D eigenvalue weighted by molar-refractivity contribution is 6.34. The number of carboxylic acids is 1. The van der Waals surface area contributed by atoms with E-state index in [0.717, 1.165) is 0 Å². The second kappa shape index (κ2) is 6.23. The van der Waals surface area contributed by atoms with Crippen LogP contribution < -0.4 is 10.6 Å². The number of anilines is 2. The summed E-state index contributed by atoms with van der Waals surface area (Å²) in [5, 5.41) is 13.9. The van der Waals surface area contributed by atoms with Gasteiger partial charge in [-0.1, -0.05) is 17.7 Å². The fourth-order valence-corrected chi connectivity index (χ4v) is 1.92. The highest BCUT2D eigenvalue weighted by Gasteiger charge is 2.16. The standard InChI is InChI=1S/C14H10ClFN2O3/c15-10-2-1-3-11(12(10)13(19)20)18-14(21)17-9-6-4-8(16)5-7-9/h1-7H,(H,19,20)(H2,17,18,21). The van der Waals surface area contributed by atoms with Gasteiger partial charge in [-0.2, -0.15) is 0 Å². The third-order valence-electron chi connectivity index (χ3n) is 2.58. The smallest absolute Gasteiger partial charge is 0.339 e. The Labute approximate surface area is 124 Å². The van der Waals surface area contributed by atoms with Crippen molar-refractivity contribution in [2.24, 2.45) is 0 Å². The lowest BCUT2D eigenvalue weighted by Gasteiger charge is -2.10. The maximum Gasteiger partial charge on any atom is 0.339 e. The molecule has 0 spiro atoms. The molecule has 2 amide bonds. The van der Waals surface area contributed by atoms with E-state index in [4.69, 9.17) is 16.7 Å². The van der Waals surface area contributed by atoms with Gasteiger partial charge in [0.1, 0.15) is 11.4 Å². The molecule has 2 aromatic carbocycles. The summed E-state index contributed by atoms with van der Waals surface area (Å²) in [6, 6.07) is 8.83. The molecule has 7 heteroatoms. The van der Waals surface area contributed by atoms with Crippen LogP contribution in [0.15, 0.2) is 42.5 Å². The summed E-state index contributed by atoms with van der Waals surface area (Å²) >= 11 is 5.79. The molecule has 0 heterocycles. The summed E-state index contributed by atoms with van der Waals surface area (Å²) in [6.45, 7) is 0. The minimum Gasteiger partial charge on any atom is -0.478 e. The molecule has 0 aliphatic rings. The van der Waals surface area contributed by atoms with Gasteiger partial charge in [-0.3, -0.25) is 0 Å². The number of carboxylic acid groups (broad SMARTS) is 1. The summed E-state index contributed by atoms with van der Waals surface area (Å²) in [4.78, 5) is 22.9. The molecule has 0 aliphatic heterocycles. The number of hydrogen-bond donors (Lipinski definition) is 3. The molecule has 2 aromatic rings. The Morgan fingerprint density at radius 1 is 1.05 bits per heavy atom. The average Bonchev–Trinajstić information content (AvgIpc) is 2.41. The number of halogens is 2. The molecule has 0 fully saturated rings. The number of amides is 2. The minimum absolute atomic E-state index is 0.0158. The maximum atomic E-state index is 12.7. The van der Waals surface area contributed by atoms with Gasteiger partial charge in [0.05, 0.1) is 10.7 Å². The van der Waals surface area contributed by atoms with Gasteiger partial charge in [0.2, 0.25) is 0 Å². The van der Waals surface area contributed by atoms with E-state index < -0.39 is 17.8 Å². The normalized spacial score (nSPS) is 10.0. The average molecular weight is 309 g/mol. The molecule has 0 aromatic heterocycles. The molecule has 21 heavy (non-hydrogen) atoms. The zero-order chi connectivity index (χ0) is 15.4. The predicted octanol–water partition coefficient (Wildman–Crippen LogP) is 3.82. The fraction of sp³-hybridized carbons (Fsp3) is 0. The van der Waals surface area contributed by atoms with Gasteiger partial charge < -0.3 is 15.7 Å². The number of nitrogens with one attached hydrogen (secondary N) is 2. The van der Waals surface area contributed by atoms with Gasteiger partial charge in [-0.15, -0.1) is 0 Å². The molecule has 0 bridgehead atoms. The summed E-state index contributed by atoms with van der Waals surface area (Å²) in [7, 11) is 0. The lowest BCUT2D eigenvalue weighted by molar-refractivity contribution is 0.0698. The number of urea groups is 1. The number of hydrogen-bond acceptors (Lipinski definition) is 2. The van der Waals surface area contributed by atoms with Crippen LogP contribution in [0.4, 0.5) is 20.6 Å². The van der Waals surface area contributed by atoms with Gasteiger partial charge in [-0.25, -0.2) is 14.0 Å². The lowest BCUT2D eigenvalue weighted by Crippen LogP contribution is -2.21. The zero-order valence-electron chi connectivity index (χ0n) is 10.6. The molecular formula is C14H10ClFN2O3. The molecule has 108 valence electrons. The van der Waals surface area contributed by atoms with E-state index in [-0.39, 0.29) is 16.3 Å². The molecule has 0 radical (unpaired) electrons. The Morgan fingerprint density at radius 3 is 2.33 bits per heavy atom. The first kappa shape index (κ1) is 14.8. The third-order valence-corrected chi connectivity index (χ3v) is 2.89. The van der Waals surface area contributed by atoms with Gasteiger partial charge in [0, 0.05) is 5.69 Å². The third kappa shape index (κ3) is 3.70. The van der Waals surface area contributed by atoms with Crippen LogP contribution in [0.3, 0.4) is 0 Å². The highest BCUT2D eigenvalue weighted by atomic mass is 35.5. The highest BCUT2D eigenvalue weighted by Crippen LogP contribution is 2.24. The molecule has 0 atom stereocenters. The predicted molar refractivity (Wildman–Crippen MR) is 77.5 cm³/mol. The van der Waals surface area contributed by atoms with E-state index in [0.29, 0.717) is 5.69 Å². The van der Waals surface area contributed by atoms with E-state index in [2.05, 4.69) is 10.6 Å². The molecule has 0 aliphatic carbocycles. The van der Waals surface area contributed by atoms with Crippen molar-refractivity contribution < 1.29 is 19.1 Å². The summed E-state index contributed by atoms with van der Waals surface area (Å²) in [5.41, 5.74) is 0.232. The summed E-state index contributed by atoms with van der Waals surface area (Å²) in [5.74, 6) is -1.68. The number of carbonyl (C=O) groups is 2. The summed E-state index contributed by atoms with van der Waals surface area (Å²) < 4.78 is 12.7.